The lowest BCUT2D eigenvalue weighted by Crippen LogP contribution is -2.10. The van der Waals surface area contributed by atoms with Crippen molar-refractivity contribution in [3.63, 3.8) is 0 Å². The highest BCUT2D eigenvalue weighted by atomic mass is 16.5. The predicted octanol–water partition coefficient (Wildman–Crippen LogP) is 1.54. The van der Waals surface area contributed by atoms with Crippen LogP contribution in [-0.2, 0) is 11.3 Å². The second-order valence-corrected chi connectivity index (χ2v) is 3.90. The molecule has 2 aromatic heterocycles. The molecule has 0 aliphatic heterocycles. The van der Waals surface area contributed by atoms with E-state index in [0.717, 1.165) is 17.9 Å². The van der Waals surface area contributed by atoms with Crippen LogP contribution in [0.25, 0.3) is 0 Å². The Morgan fingerprint density at radius 3 is 2.95 bits per heavy atom. The topological polar surface area (TPSA) is 72.0 Å². The minimum atomic E-state index is 0.589. The van der Waals surface area contributed by atoms with Crippen LogP contribution in [0.4, 0.5) is 11.8 Å². The van der Waals surface area contributed by atoms with Crippen LogP contribution in [0.1, 0.15) is 5.56 Å². The Morgan fingerprint density at radius 1 is 1.21 bits per heavy atom. The molecular weight excluding hydrogens is 242 g/mol. The molecule has 0 aromatic carbocycles. The Hall–Kier alpha value is -2.21. The molecule has 0 spiro atoms. The molecular formula is C13H17N5O. The molecule has 0 bridgehead atoms. The lowest BCUT2D eigenvalue weighted by molar-refractivity contribution is 0.210. The molecule has 100 valence electrons. The summed E-state index contributed by atoms with van der Waals surface area (Å²) in [6.45, 7) is 2.01. The van der Waals surface area contributed by atoms with Gasteiger partial charge in [0.15, 0.2) is 0 Å². The first-order valence-corrected chi connectivity index (χ1v) is 6.07. The van der Waals surface area contributed by atoms with Gasteiger partial charge in [-0.25, -0.2) is 4.98 Å². The van der Waals surface area contributed by atoms with Gasteiger partial charge in [0, 0.05) is 38.8 Å². The van der Waals surface area contributed by atoms with Gasteiger partial charge in [-0.3, -0.25) is 4.98 Å². The fraction of sp³-hybridized carbons (Fsp3) is 0.308. The van der Waals surface area contributed by atoms with Crippen LogP contribution in [0, 0.1) is 0 Å². The van der Waals surface area contributed by atoms with Gasteiger partial charge >= 0.3 is 0 Å². The Balaban J connectivity index is 1.88. The molecule has 2 rings (SSSR count). The maximum absolute atomic E-state index is 4.97. The average Bonchev–Trinajstić information content (AvgIpc) is 2.47. The number of rotatable bonds is 7. The molecule has 2 aromatic rings. The first-order valence-electron chi connectivity index (χ1n) is 6.07. The fourth-order valence-electron chi connectivity index (χ4n) is 1.51. The Bertz CT molecular complexity index is 491. The lowest BCUT2D eigenvalue weighted by atomic mass is 10.3. The number of nitrogens with one attached hydrogen (secondary N) is 2. The van der Waals surface area contributed by atoms with Crippen LogP contribution in [0.3, 0.4) is 0 Å². The molecule has 0 amide bonds. The molecule has 2 N–H and O–H groups in total. The van der Waals surface area contributed by atoms with Gasteiger partial charge in [0.25, 0.3) is 0 Å². The van der Waals surface area contributed by atoms with Crippen LogP contribution in [0.15, 0.2) is 36.8 Å². The first kappa shape index (κ1) is 13.2. The van der Waals surface area contributed by atoms with E-state index in [1.165, 1.54) is 0 Å². The van der Waals surface area contributed by atoms with Crippen LogP contribution < -0.4 is 10.6 Å². The molecule has 2 heterocycles. The summed E-state index contributed by atoms with van der Waals surface area (Å²) in [5.74, 6) is 1.37. The van der Waals surface area contributed by atoms with Gasteiger partial charge in [-0.2, -0.15) is 4.98 Å². The van der Waals surface area contributed by atoms with E-state index in [0.29, 0.717) is 19.1 Å². The summed E-state index contributed by atoms with van der Waals surface area (Å²) in [5, 5.41) is 6.31. The molecule has 0 saturated heterocycles. The minimum absolute atomic E-state index is 0.589. The van der Waals surface area contributed by atoms with Gasteiger partial charge < -0.3 is 15.4 Å². The van der Waals surface area contributed by atoms with Crippen LogP contribution in [0.2, 0.25) is 0 Å². The standard InChI is InChI=1S/C13H17N5O/c1-19-8-7-15-12-4-6-16-13(18-12)17-10-11-3-2-5-14-9-11/h2-6,9H,7-8,10H2,1H3,(H2,15,16,17,18). The fourth-order valence-corrected chi connectivity index (χ4v) is 1.51. The zero-order chi connectivity index (χ0) is 13.3. The van der Waals surface area contributed by atoms with E-state index in [9.17, 15) is 0 Å². The van der Waals surface area contributed by atoms with Crippen molar-refractivity contribution in [1.82, 2.24) is 15.0 Å². The van der Waals surface area contributed by atoms with Gasteiger partial charge in [0.1, 0.15) is 5.82 Å². The van der Waals surface area contributed by atoms with Crippen LogP contribution >= 0.6 is 0 Å². The number of pyridine rings is 1. The van der Waals surface area contributed by atoms with Crippen molar-refractivity contribution in [2.45, 2.75) is 6.54 Å². The lowest BCUT2D eigenvalue weighted by Gasteiger charge is -2.07. The second-order valence-electron chi connectivity index (χ2n) is 3.90. The highest BCUT2D eigenvalue weighted by molar-refractivity contribution is 5.39. The largest absolute Gasteiger partial charge is 0.383 e. The molecule has 0 aliphatic rings. The SMILES string of the molecule is COCCNc1ccnc(NCc2cccnc2)n1. The van der Waals surface area contributed by atoms with Crippen LogP contribution in [0.5, 0.6) is 0 Å². The van der Waals surface area contributed by atoms with Gasteiger partial charge in [-0.05, 0) is 17.7 Å². The quantitative estimate of drug-likeness (QED) is 0.735. The Labute approximate surface area is 112 Å². The van der Waals surface area contributed by atoms with Gasteiger partial charge in [0.05, 0.1) is 6.61 Å². The van der Waals surface area contributed by atoms with Crippen molar-refractivity contribution in [3.8, 4) is 0 Å². The molecule has 6 heteroatoms. The van der Waals surface area contributed by atoms with Crippen molar-refractivity contribution in [1.29, 1.82) is 0 Å². The molecule has 0 saturated carbocycles. The number of hydrogen-bond donors (Lipinski definition) is 2. The summed E-state index contributed by atoms with van der Waals surface area (Å²) < 4.78 is 4.97. The first-order chi connectivity index (χ1) is 9.38. The average molecular weight is 259 g/mol. The molecule has 0 radical (unpaired) electrons. The van der Waals surface area contributed by atoms with E-state index in [4.69, 9.17) is 4.74 Å². The summed E-state index contributed by atoms with van der Waals surface area (Å²) in [4.78, 5) is 12.6. The van der Waals surface area contributed by atoms with E-state index >= 15 is 0 Å². The zero-order valence-corrected chi connectivity index (χ0v) is 10.8. The van der Waals surface area contributed by atoms with Gasteiger partial charge in [0.2, 0.25) is 5.95 Å². The molecule has 0 atom stereocenters. The monoisotopic (exact) mass is 259 g/mol. The predicted molar refractivity (Wildman–Crippen MR) is 74.0 cm³/mol. The van der Waals surface area contributed by atoms with Gasteiger partial charge in [-0.1, -0.05) is 6.07 Å². The summed E-state index contributed by atoms with van der Waals surface area (Å²) >= 11 is 0. The third-order valence-corrected chi connectivity index (χ3v) is 2.44. The summed E-state index contributed by atoms with van der Waals surface area (Å²) in [7, 11) is 1.67. The van der Waals surface area contributed by atoms with Crippen molar-refractivity contribution in [2.75, 3.05) is 30.9 Å². The number of anilines is 2. The number of aromatic nitrogens is 3. The maximum atomic E-state index is 4.97. The smallest absolute Gasteiger partial charge is 0.224 e. The highest BCUT2D eigenvalue weighted by Crippen LogP contribution is 2.06. The Morgan fingerprint density at radius 2 is 2.16 bits per heavy atom. The van der Waals surface area contributed by atoms with Crippen molar-refractivity contribution < 1.29 is 4.74 Å². The third kappa shape index (κ3) is 4.51. The van der Waals surface area contributed by atoms with Crippen molar-refractivity contribution in [2.24, 2.45) is 0 Å². The van der Waals surface area contributed by atoms with E-state index in [1.807, 2.05) is 24.4 Å². The summed E-state index contributed by atoms with van der Waals surface area (Å²) in [5.41, 5.74) is 1.09. The van der Waals surface area contributed by atoms with Crippen molar-refractivity contribution >= 4 is 11.8 Å². The molecule has 6 nitrogen and oxygen atoms in total. The summed E-state index contributed by atoms with van der Waals surface area (Å²) in [6, 6.07) is 5.73. The van der Waals surface area contributed by atoms with Crippen molar-refractivity contribution in [3.05, 3.63) is 42.4 Å². The van der Waals surface area contributed by atoms with Gasteiger partial charge in [-0.15, -0.1) is 0 Å². The number of hydrogen-bond acceptors (Lipinski definition) is 6. The second kappa shape index (κ2) is 7.27. The number of methoxy groups -OCH3 is 1. The Kier molecular flexibility index (Phi) is 5.06. The van der Waals surface area contributed by atoms with E-state index < -0.39 is 0 Å². The van der Waals surface area contributed by atoms with E-state index in [1.54, 1.807) is 19.5 Å². The van der Waals surface area contributed by atoms with E-state index in [-0.39, 0.29) is 0 Å². The third-order valence-electron chi connectivity index (χ3n) is 2.44. The van der Waals surface area contributed by atoms with E-state index in [2.05, 4.69) is 25.6 Å². The molecule has 0 aliphatic carbocycles. The number of nitrogens with zero attached hydrogens (tertiary/aromatic N) is 3. The molecule has 0 unspecified atom stereocenters. The maximum Gasteiger partial charge on any atom is 0.224 e. The van der Waals surface area contributed by atoms with Crippen LogP contribution in [-0.4, -0.2) is 35.2 Å². The molecule has 19 heavy (non-hydrogen) atoms. The normalized spacial score (nSPS) is 10.2. The number of ether oxygens (including phenoxy) is 1. The zero-order valence-electron chi connectivity index (χ0n) is 10.8. The summed E-state index contributed by atoms with van der Waals surface area (Å²) in [6.07, 6.45) is 5.28. The minimum Gasteiger partial charge on any atom is -0.383 e. The highest BCUT2D eigenvalue weighted by Gasteiger charge is 1.99. The molecule has 0 fully saturated rings.